The maximum atomic E-state index is 12.4. The first-order valence-corrected chi connectivity index (χ1v) is 7.87. The summed E-state index contributed by atoms with van der Waals surface area (Å²) in [5.74, 6) is -0.687. The van der Waals surface area contributed by atoms with Crippen molar-refractivity contribution < 1.29 is 19.1 Å². The van der Waals surface area contributed by atoms with E-state index in [2.05, 4.69) is 0 Å². The quantitative estimate of drug-likeness (QED) is 0.789. The Balaban J connectivity index is 1.64. The molecule has 2 aliphatic heterocycles. The second kappa shape index (κ2) is 6.12. The zero-order valence-electron chi connectivity index (χ0n) is 13.3. The van der Waals surface area contributed by atoms with Crippen molar-refractivity contribution >= 4 is 17.7 Å². The fourth-order valence-corrected chi connectivity index (χ4v) is 3.08. The van der Waals surface area contributed by atoms with Crippen LogP contribution in [0.3, 0.4) is 0 Å². The summed E-state index contributed by atoms with van der Waals surface area (Å²) in [5.41, 5.74) is 0.830. The molecule has 6 heteroatoms. The van der Waals surface area contributed by atoms with Crippen LogP contribution < -0.4 is 0 Å². The topological polar surface area (TPSA) is 66.9 Å². The Morgan fingerprint density at radius 1 is 1.17 bits per heavy atom. The molecule has 2 unspecified atom stereocenters. The fourth-order valence-electron chi connectivity index (χ4n) is 3.08. The van der Waals surface area contributed by atoms with Gasteiger partial charge in [-0.1, -0.05) is 12.1 Å². The molecule has 1 saturated heterocycles. The Morgan fingerprint density at radius 2 is 1.78 bits per heavy atom. The number of nitrogens with zero attached hydrogens (tertiary/aromatic N) is 2. The lowest BCUT2D eigenvalue weighted by Gasteiger charge is -2.38. The maximum absolute atomic E-state index is 12.4. The van der Waals surface area contributed by atoms with Crippen molar-refractivity contribution in [3.63, 3.8) is 0 Å². The highest BCUT2D eigenvalue weighted by atomic mass is 16.5. The van der Waals surface area contributed by atoms with E-state index in [1.54, 1.807) is 29.2 Å². The van der Waals surface area contributed by atoms with Gasteiger partial charge >= 0.3 is 0 Å². The van der Waals surface area contributed by atoms with Crippen LogP contribution in [0.5, 0.6) is 0 Å². The molecule has 2 atom stereocenters. The minimum absolute atomic E-state index is 0.00146. The first kappa shape index (κ1) is 15.7. The minimum Gasteiger partial charge on any atom is -0.375 e. The number of rotatable bonds is 3. The van der Waals surface area contributed by atoms with Gasteiger partial charge in [0.25, 0.3) is 11.8 Å². The summed E-state index contributed by atoms with van der Waals surface area (Å²) in [6, 6.07) is 6.75. The van der Waals surface area contributed by atoms with E-state index >= 15 is 0 Å². The van der Waals surface area contributed by atoms with Crippen LogP contribution >= 0.6 is 0 Å². The van der Waals surface area contributed by atoms with Crippen molar-refractivity contribution in [1.29, 1.82) is 0 Å². The average Bonchev–Trinajstić information content (AvgIpc) is 2.80. The standard InChI is InChI=1S/C17H20N2O4/c1-11-12(2)23-10-9-18(11)15(20)7-8-19-16(21)13-5-3-4-6-14(13)17(19)22/h3-6,11-12H,7-10H2,1-2H3. The van der Waals surface area contributed by atoms with Crippen LogP contribution in [0.2, 0.25) is 0 Å². The third-order valence-electron chi connectivity index (χ3n) is 4.63. The molecule has 0 spiro atoms. The summed E-state index contributed by atoms with van der Waals surface area (Å²) in [4.78, 5) is 39.9. The molecule has 0 bridgehead atoms. The monoisotopic (exact) mass is 316 g/mol. The molecule has 0 radical (unpaired) electrons. The maximum Gasteiger partial charge on any atom is 0.261 e. The van der Waals surface area contributed by atoms with Crippen molar-refractivity contribution in [2.24, 2.45) is 0 Å². The molecular weight excluding hydrogens is 296 g/mol. The number of amides is 3. The van der Waals surface area contributed by atoms with E-state index in [0.717, 1.165) is 4.90 Å². The third kappa shape index (κ3) is 2.74. The van der Waals surface area contributed by atoms with E-state index in [1.165, 1.54) is 0 Å². The van der Waals surface area contributed by atoms with Gasteiger partial charge in [0.2, 0.25) is 5.91 Å². The summed E-state index contributed by atoms with van der Waals surface area (Å²) in [5, 5.41) is 0. The molecule has 2 heterocycles. The second-order valence-corrected chi connectivity index (χ2v) is 5.96. The number of carbonyl (C=O) groups excluding carboxylic acids is 3. The molecule has 0 saturated carbocycles. The van der Waals surface area contributed by atoms with Crippen LogP contribution in [0.25, 0.3) is 0 Å². The van der Waals surface area contributed by atoms with Gasteiger partial charge in [0.1, 0.15) is 0 Å². The highest BCUT2D eigenvalue weighted by Crippen LogP contribution is 2.23. The summed E-state index contributed by atoms with van der Waals surface area (Å²) in [6.45, 7) is 5.07. The predicted octanol–water partition coefficient (Wildman–Crippen LogP) is 1.31. The molecule has 3 rings (SSSR count). The number of carbonyl (C=O) groups is 3. The van der Waals surface area contributed by atoms with Crippen LogP contribution in [0, 0.1) is 0 Å². The average molecular weight is 316 g/mol. The van der Waals surface area contributed by atoms with Crippen LogP contribution in [0.1, 0.15) is 41.0 Å². The fraction of sp³-hybridized carbons (Fsp3) is 0.471. The molecule has 23 heavy (non-hydrogen) atoms. The summed E-state index contributed by atoms with van der Waals surface area (Å²) in [7, 11) is 0. The van der Waals surface area contributed by atoms with Gasteiger partial charge in [-0.3, -0.25) is 19.3 Å². The molecule has 0 N–H and O–H groups in total. The highest BCUT2D eigenvalue weighted by Gasteiger charge is 2.36. The van der Waals surface area contributed by atoms with Crippen LogP contribution in [-0.2, 0) is 9.53 Å². The molecule has 6 nitrogen and oxygen atoms in total. The minimum atomic E-state index is -0.318. The lowest BCUT2D eigenvalue weighted by Crippen LogP contribution is -2.51. The van der Waals surface area contributed by atoms with Gasteiger partial charge < -0.3 is 9.64 Å². The van der Waals surface area contributed by atoms with E-state index in [4.69, 9.17) is 4.74 Å². The second-order valence-electron chi connectivity index (χ2n) is 5.96. The number of imide groups is 1. The first-order chi connectivity index (χ1) is 11.0. The lowest BCUT2D eigenvalue weighted by atomic mass is 10.1. The van der Waals surface area contributed by atoms with E-state index in [0.29, 0.717) is 24.3 Å². The molecule has 1 aromatic carbocycles. The number of morpholine rings is 1. The number of ether oxygens (including phenoxy) is 1. The molecule has 0 aromatic heterocycles. The normalized spacial score (nSPS) is 24.1. The molecule has 3 amide bonds. The Hall–Kier alpha value is -2.21. The van der Waals surface area contributed by atoms with Gasteiger partial charge in [0, 0.05) is 19.5 Å². The Labute approximate surface area is 135 Å². The van der Waals surface area contributed by atoms with E-state index < -0.39 is 0 Å². The van der Waals surface area contributed by atoms with Crippen molar-refractivity contribution in [1.82, 2.24) is 9.80 Å². The van der Waals surface area contributed by atoms with Gasteiger partial charge in [-0.25, -0.2) is 0 Å². The van der Waals surface area contributed by atoms with Gasteiger partial charge in [-0.2, -0.15) is 0 Å². The zero-order valence-corrected chi connectivity index (χ0v) is 13.3. The number of hydrogen-bond acceptors (Lipinski definition) is 4. The van der Waals surface area contributed by atoms with E-state index in [-0.39, 0.29) is 42.8 Å². The van der Waals surface area contributed by atoms with Crippen molar-refractivity contribution in [2.45, 2.75) is 32.4 Å². The lowest BCUT2D eigenvalue weighted by molar-refractivity contribution is -0.144. The number of benzene rings is 1. The molecule has 1 fully saturated rings. The van der Waals surface area contributed by atoms with Gasteiger partial charge in [-0.05, 0) is 26.0 Å². The third-order valence-corrected chi connectivity index (χ3v) is 4.63. The zero-order chi connectivity index (χ0) is 16.6. The van der Waals surface area contributed by atoms with Crippen LogP contribution in [-0.4, -0.2) is 59.4 Å². The van der Waals surface area contributed by atoms with Crippen LogP contribution in [0.15, 0.2) is 24.3 Å². The summed E-state index contributed by atoms with van der Waals surface area (Å²) in [6.07, 6.45) is 0.134. The highest BCUT2D eigenvalue weighted by molar-refractivity contribution is 6.21. The summed E-state index contributed by atoms with van der Waals surface area (Å²) >= 11 is 0. The molecular formula is C17H20N2O4. The number of hydrogen-bond donors (Lipinski definition) is 0. The molecule has 1 aromatic rings. The molecule has 0 aliphatic carbocycles. The largest absolute Gasteiger partial charge is 0.375 e. The molecule has 2 aliphatic rings. The van der Waals surface area contributed by atoms with Gasteiger partial charge in [0.15, 0.2) is 0 Å². The SMILES string of the molecule is CC1OCCN(C(=O)CCN2C(=O)c3ccccc3C2=O)C1C. The van der Waals surface area contributed by atoms with Crippen LogP contribution in [0.4, 0.5) is 0 Å². The van der Waals surface area contributed by atoms with E-state index in [1.807, 2.05) is 13.8 Å². The Morgan fingerprint density at radius 3 is 2.39 bits per heavy atom. The van der Waals surface area contributed by atoms with Gasteiger partial charge in [-0.15, -0.1) is 0 Å². The van der Waals surface area contributed by atoms with Crippen molar-refractivity contribution in [2.75, 3.05) is 19.7 Å². The summed E-state index contributed by atoms with van der Waals surface area (Å²) < 4.78 is 5.51. The van der Waals surface area contributed by atoms with Gasteiger partial charge in [0.05, 0.1) is 29.9 Å². The van der Waals surface area contributed by atoms with Crippen molar-refractivity contribution in [3.05, 3.63) is 35.4 Å². The Bertz CT molecular complexity index is 623. The van der Waals surface area contributed by atoms with E-state index in [9.17, 15) is 14.4 Å². The van der Waals surface area contributed by atoms with Crippen molar-refractivity contribution in [3.8, 4) is 0 Å². The first-order valence-electron chi connectivity index (χ1n) is 7.87. The predicted molar refractivity (Wildman–Crippen MR) is 83.0 cm³/mol. The number of fused-ring (bicyclic) bond motifs is 1. The molecule has 122 valence electrons. The Kier molecular flexibility index (Phi) is 4.17. The smallest absolute Gasteiger partial charge is 0.261 e.